The van der Waals surface area contributed by atoms with E-state index in [2.05, 4.69) is 87.8 Å². The fraction of sp³-hybridized carbons (Fsp3) is 0.220. The molecule has 2 amide bonds. The first-order valence-corrected chi connectivity index (χ1v) is 16.6. The van der Waals surface area contributed by atoms with Crippen molar-refractivity contribution in [1.29, 1.82) is 0 Å². The van der Waals surface area contributed by atoms with Gasteiger partial charge in [-0.1, -0.05) is 91.0 Å². The Bertz CT molecular complexity index is 1980. The van der Waals surface area contributed by atoms with Crippen LogP contribution in [-0.4, -0.2) is 50.4 Å². The monoisotopic (exact) mass is 649 g/mol. The molecule has 3 heterocycles. The van der Waals surface area contributed by atoms with Gasteiger partial charge in [0.15, 0.2) is 0 Å². The van der Waals surface area contributed by atoms with Gasteiger partial charge in [0.2, 0.25) is 5.91 Å². The number of fused-ring (bicyclic) bond motifs is 1. The fourth-order valence-corrected chi connectivity index (χ4v) is 6.79. The lowest BCUT2D eigenvalue weighted by Crippen LogP contribution is -2.38. The number of carbonyl (C=O) groups is 2. The minimum atomic E-state index is -0.826. The molecule has 0 radical (unpaired) electrons. The highest BCUT2D eigenvalue weighted by molar-refractivity contribution is 6.00. The maximum Gasteiger partial charge on any atom is 0.410 e. The summed E-state index contributed by atoms with van der Waals surface area (Å²) in [5.41, 5.74) is 5.01. The molecule has 0 spiro atoms. The van der Waals surface area contributed by atoms with E-state index in [9.17, 15) is 9.59 Å². The predicted molar refractivity (Wildman–Crippen MR) is 192 cm³/mol. The number of rotatable bonds is 7. The highest BCUT2D eigenvalue weighted by Gasteiger charge is 2.41. The Morgan fingerprint density at radius 2 is 1.35 bits per heavy atom. The fourth-order valence-electron chi connectivity index (χ4n) is 6.79. The Labute approximate surface area is 286 Å². The summed E-state index contributed by atoms with van der Waals surface area (Å²) in [6.45, 7) is 6.32. The van der Waals surface area contributed by atoms with Gasteiger partial charge in [-0.25, -0.2) is 9.48 Å². The third-order valence-corrected chi connectivity index (χ3v) is 9.00. The van der Waals surface area contributed by atoms with Gasteiger partial charge in [0.05, 0.1) is 11.4 Å². The Kier molecular flexibility index (Phi) is 8.46. The summed E-state index contributed by atoms with van der Waals surface area (Å²) in [4.78, 5) is 32.1. The Hall–Kier alpha value is -5.76. The molecule has 1 N–H and O–H groups in total. The Balaban J connectivity index is 1.35. The van der Waals surface area contributed by atoms with Crippen molar-refractivity contribution in [3.8, 4) is 11.3 Å². The molecule has 49 heavy (non-hydrogen) atoms. The van der Waals surface area contributed by atoms with E-state index in [1.165, 1.54) is 0 Å². The SMILES string of the molecule is CC(C)(C)OC(=O)N1CC[C@@H](C(=O)Nc2ccc3c(c2)c(-c2ccncc2)nn3C(c2ccccc2)(c2ccccc2)c2ccccc2)C1. The zero-order valence-corrected chi connectivity index (χ0v) is 27.9. The van der Waals surface area contributed by atoms with Crippen LogP contribution in [-0.2, 0) is 15.1 Å². The van der Waals surface area contributed by atoms with Crippen LogP contribution < -0.4 is 5.32 Å². The number of likely N-dealkylation sites (tertiary alicyclic amines) is 1. The molecule has 1 saturated heterocycles. The predicted octanol–water partition coefficient (Wildman–Crippen LogP) is 8.13. The van der Waals surface area contributed by atoms with Crippen LogP contribution in [0.1, 0.15) is 43.9 Å². The molecular weight excluding hydrogens is 610 g/mol. The van der Waals surface area contributed by atoms with Gasteiger partial charge >= 0.3 is 6.09 Å². The maximum absolute atomic E-state index is 13.6. The third-order valence-electron chi connectivity index (χ3n) is 9.00. The molecule has 0 saturated carbocycles. The molecule has 0 unspecified atom stereocenters. The van der Waals surface area contributed by atoms with Gasteiger partial charge in [0.25, 0.3) is 0 Å². The number of nitrogens with one attached hydrogen (secondary N) is 1. The van der Waals surface area contributed by atoms with Crippen molar-refractivity contribution in [2.75, 3.05) is 18.4 Å². The highest BCUT2D eigenvalue weighted by Crippen LogP contribution is 2.44. The van der Waals surface area contributed by atoms with Gasteiger partial charge in [-0.3, -0.25) is 9.78 Å². The summed E-state index contributed by atoms with van der Waals surface area (Å²) in [7, 11) is 0. The lowest BCUT2D eigenvalue weighted by atomic mass is 9.77. The van der Waals surface area contributed by atoms with Crippen LogP contribution in [0, 0.1) is 5.92 Å². The molecule has 1 atom stereocenters. The summed E-state index contributed by atoms with van der Waals surface area (Å²) in [5.74, 6) is -0.469. The lowest BCUT2D eigenvalue weighted by molar-refractivity contribution is -0.119. The molecule has 6 aromatic rings. The van der Waals surface area contributed by atoms with Gasteiger partial charge in [0, 0.05) is 42.1 Å². The molecule has 1 aliphatic heterocycles. The quantitative estimate of drug-likeness (QED) is 0.177. The number of pyridine rings is 1. The number of amides is 2. The first kappa shape index (κ1) is 31.8. The van der Waals surface area contributed by atoms with Gasteiger partial charge in [0.1, 0.15) is 16.8 Å². The van der Waals surface area contributed by atoms with Gasteiger partial charge in [-0.05, 0) is 74.2 Å². The van der Waals surface area contributed by atoms with Gasteiger partial charge in [-0.2, -0.15) is 5.10 Å². The topological polar surface area (TPSA) is 89.3 Å². The van der Waals surface area contributed by atoms with E-state index < -0.39 is 17.2 Å². The van der Waals surface area contributed by atoms with Crippen LogP contribution in [0.25, 0.3) is 22.2 Å². The average Bonchev–Trinajstić information content (AvgIpc) is 3.77. The van der Waals surface area contributed by atoms with E-state index in [-0.39, 0.29) is 11.8 Å². The van der Waals surface area contributed by atoms with E-state index in [1.54, 1.807) is 17.3 Å². The van der Waals surface area contributed by atoms with E-state index in [0.29, 0.717) is 25.2 Å². The number of hydrogen-bond donors (Lipinski definition) is 1. The van der Waals surface area contributed by atoms with Crippen molar-refractivity contribution in [3.63, 3.8) is 0 Å². The minimum absolute atomic E-state index is 0.129. The molecule has 4 aromatic carbocycles. The first-order valence-electron chi connectivity index (χ1n) is 16.6. The largest absolute Gasteiger partial charge is 0.444 e. The zero-order valence-electron chi connectivity index (χ0n) is 27.9. The number of hydrogen-bond acceptors (Lipinski definition) is 5. The van der Waals surface area contributed by atoms with Crippen molar-refractivity contribution < 1.29 is 14.3 Å². The standard InChI is InChI=1S/C41H39N5O3/c1-40(2,3)49-39(48)45-26-23-30(28-45)38(47)43-34-19-20-36-35(27-34)37(29-21-24-42-25-22-29)44-46(36)41(31-13-7-4-8-14-31,32-15-9-5-10-16-32)33-17-11-6-12-18-33/h4-22,24-25,27,30H,23,26,28H2,1-3H3,(H,43,47)/t30-/m1/s1. The number of ether oxygens (including phenoxy) is 1. The number of carbonyl (C=O) groups excluding carboxylic acids is 2. The number of aromatic nitrogens is 3. The molecule has 1 aliphatic rings. The van der Waals surface area contributed by atoms with Crippen molar-refractivity contribution in [2.45, 2.75) is 38.3 Å². The van der Waals surface area contributed by atoms with Crippen molar-refractivity contribution in [1.82, 2.24) is 19.7 Å². The smallest absolute Gasteiger partial charge is 0.410 e. The van der Waals surface area contributed by atoms with Gasteiger partial charge < -0.3 is 15.0 Å². The van der Waals surface area contributed by atoms with Crippen LogP contribution in [0.5, 0.6) is 0 Å². The molecule has 0 aliphatic carbocycles. The summed E-state index contributed by atoms with van der Waals surface area (Å²) < 4.78 is 7.66. The van der Waals surface area contributed by atoms with Crippen LogP contribution in [0.3, 0.4) is 0 Å². The summed E-state index contributed by atoms with van der Waals surface area (Å²) in [6, 6.07) is 41.2. The number of benzene rings is 4. The number of nitrogens with zero attached hydrogens (tertiary/aromatic N) is 4. The van der Waals surface area contributed by atoms with E-state index in [1.807, 2.05) is 69.3 Å². The second kappa shape index (κ2) is 13.0. The van der Waals surface area contributed by atoms with Crippen molar-refractivity contribution in [3.05, 3.63) is 150 Å². The van der Waals surface area contributed by atoms with Crippen molar-refractivity contribution >= 4 is 28.6 Å². The molecule has 1 fully saturated rings. The zero-order chi connectivity index (χ0) is 34.0. The van der Waals surface area contributed by atoms with E-state index in [0.717, 1.165) is 38.9 Å². The van der Waals surface area contributed by atoms with E-state index in [4.69, 9.17) is 9.84 Å². The Morgan fingerprint density at radius 1 is 0.776 bits per heavy atom. The average molecular weight is 650 g/mol. The normalized spacial score (nSPS) is 14.9. The first-order chi connectivity index (χ1) is 23.7. The summed E-state index contributed by atoms with van der Waals surface area (Å²) >= 11 is 0. The van der Waals surface area contributed by atoms with Crippen LogP contribution in [0.4, 0.5) is 10.5 Å². The molecule has 2 aromatic heterocycles. The second-order valence-corrected chi connectivity index (χ2v) is 13.4. The second-order valence-electron chi connectivity index (χ2n) is 13.4. The molecular formula is C41H39N5O3. The molecule has 8 nitrogen and oxygen atoms in total. The third kappa shape index (κ3) is 6.18. The number of anilines is 1. The van der Waals surface area contributed by atoms with Crippen molar-refractivity contribution in [2.24, 2.45) is 5.92 Å². The van der Waals surface area contributed by atoms with E-state index >= 15 is 0 Å². The highest BCUT2D eigenvalue weighted by atomic mass is 16.6. The summed E-state index contributed by atoms with van der Waals surface area (Å²) in [6.07, 6.45) is 3.71. The molecule has 7 rings (SSSR count). The Morgan fingerprint density at radius 3 is 1.90 bits per heavy atom. The maximum atomic E-state index is 13.6. The molecule has 0 bridgehead atoms. The van der Waals surface area contributed by atoms with Crippen LogP contribution in [0.15, 0.2) is 134 Å². The van der Waals surface area contributed by atoms with Crippen LogP contribution >= 0.6 is 0 Å². The lowest BCUT2D eigenvalue weighted by Gasteiger charge is -2.37. The molecule has 246 valence electrons. The van der Waals surface area contributed by atoms with Gasteiger partial charge in [-0.15, -0.1) is 0 Å². The molecule has 8 heteroatoms. The minimum Gasteiger partial charge on any atom is -0.444 e. The van der Waals surface area contributed by atoms with Crippen LogP contribution in [0.2, 0.25) is 0 Å². The summed E-state index contributed by atoms with van der Waals surface area (Å²) in [5, 5.41) is 9.46.